The number of halogens is 1. The number of hydrogen-bond acceptors (Lipinski definition) is 6. The number of nitrogens with two attached hydrogens (primary N) is 1. The lowest BCUT2D eigenvalue weighted by Crippen LogP contribution is -2.12. The molecule has 0 bridgehead atoms. The van der Waals surface area contributed by atoms with E-state index >= 15 is 0 Å². The van der Waals surface area contributed by atoms with Crippen LogP contribution in [0.4, 0.5) is 10.1 Å². The number of rotatable bonds is 4. The normalized spacial score (nSPS) is 12.0. The first-order chi connectivity index (χ1) is 12.4. The van der Waals surface area contributed by atoms with Gasteiger partial charge in [-0.05, 0) is 44.0 Å². The summed E-state index contributed by atoms with van der Waals surface area (Å²) in [4.78, 5) is 16.5. The fourth-order valence-corrected chi connectivity index (χ4v) is 2.38. The summed E-state index contributed by atoms with van der Waals surface area (Å²) in [6.07, 6.45) is -0.779. The Hall–Kier alpha value is -3.22. The van der Waals surface area contributed by atoms with Crippen molar-refractivity contribution in [3.05, 3.63) is 64.8 Å². The molecule has 0 aliphatic rings. The van der Waals surface area contributed by atoms with Gasteiger partial charge in [-0.25, -0.2) is 9.18 Å². The van der Waals surface area contributed by atoms with Crippen molar-refractivity contribution in [2.75, 3.05) is 5.73 Å². The highest BCUT2D eigenvalue weighted by atomic mass is 19.1. The number of esters is 1. The van der Waals surface area contributed by atoms with Crippen molar-refractivity contribution in [2.45, 2.75) is 26.9 Å². The van der Waals surface area contributed by atoms with Gasteiger partial charge in [0.15, 0.2) is 6.10 Å². The van der Waals surface area contributed by atoms with Crippen molar-refractivity contribution in [3.63, 3.8) is 0 Å². The van der Waals surface area contributed by atoms with E-state index in [1.165, 1.54) is 6.07 Å². The highest BCUT2D eigenvalue weighted by Crippen LogP contribution is 2.24. The van der Waals surface area contributed by atoms with Crippen LogP contribution >= 0.6 is 0 Å². The van der Waals surface area contributed by atoms with Gasteiger partial charge >= 0.3 is 5.97 Å². The SMILES string of the molecule is Cc1ccc(-c2noc([C@H](C)OC(=O)c3cccc(C)c3N)n2)cc1F. The number of carbonyl (C=O) groups excluding carboxylic acids is 1. The number of ether oxygens (including phenoxy) is 1. The molecule has 0 aliphatic heterocycles. The van der Waals surface area contributed by atoms with E-state index in [0.29, 0.717) is 16.8 Å². The van der Waals surface area contributed by atoms with E-state index in [1.807, 2.05) is 0 Å². The van der Waals surface area contributed by atoms with Crippen LogP contribution in [-0.2, 0) is 4.74 Å². The first-order valence-corrected chi connectivity index (χ1v) is 8.03. The van der Waals surface area contributed by atoms with E-state index in [2.05, 4.69) is 10.1 Å². The van der Waals surface area contributed by atoms with Gasteiger partial charge in [0.1, 0.15) is 5.82 Å². The molecule has 2 N–H and O–H groups in total. The van der Waals surface area contributed by atoms with E-state index in [1.54, 1.807) is 51.1 Å². The minimum Gasteiger partial charge on any atom is -0.449 e. The molecule has 0 radical (unpaired) electrons. The summed E-state index contributed by atoms with van der Waals surface area (Å²) in [6.45, 7) is 5.08. The Labute approximate surface area is 149 Å². The molecule has 1 aromatic heterocycles. The van der Waals surface area contributed by atoms with Crippen LogP contribution in [0.3, 0.4) is 0 Å². The first kappa shape index (κ1) is 17.6. The van der Waals surface area contributed by atoms with Crippen LogP contribution in [0.25, 0.3) is 11.4 Å². The van der Waals surface area contributed by atoms with Crippen LogP contribution < -0.4 is 5.73 Å². The largest absolute Gasteiger partial charge is 0.449 e. The third-order valence-corrected chi connectivity index (χ3v) is 4.05. The lowest BCUT2D eigenvalue weighted by molar-refractivity contribution is 0.0266. The second kappa shape index (κ2) is 6.95. The van der Waals surface area contributed by atoms with Crippen LogP contribution in [0.15, 0.2) is 40.9 Å². The molecule has 0 fully saturated rings. The molecule has 1 atom stereocenters. The van der Waals surface area contributed by atoms with E-state index in [9.17, 15) is 9.18 Å². The summed E-state index contributed by atoms with van der Waals surface area (Å²) in [5.41, 5.74) is 8.34. The zero-order chi connectivity index (χ0) is 18.8. The van der Waals surface area contributed by atoms with Gasteiger partial charge in [0.05, 0.1) is 5.56 Å². The standard InChI is InChI=1S/C19H18FN3O3/c1-10-7-8-13(9-15(10)20)17-22-18(26-23-17)12(3)25-19(24)14-6-4-5-11(2)16(14)21/h4-9,12H,21H2,1-3H3/t12-/m0/s1. The Morgan fingerprint density at radius 1 is 1.23 bits per heavy atom. The van der Waals surface area contributed by atoms with E-state index < -0.39 is 12.1 Å². The molecule has 0 aliphatic carbocycles. The lowest BCUT2D eigenvalue weighted by atomic mass is 10.1. The molecule has 134 valence electrons. The molecular formula is C19H18FN3O3. The van der Waals surface area contributed by atoms with E-state index in [0.717, 1.165) is 5.56 Å². The molecule has 1 heterocycles. The van der Waals surface area contributed by atoms with Crippen LogP contribution in [0.1, 0.15) is 40.4 Å². The number of aryl methyl sites for hydroxylation is 2. The maximum atomic E-state index is 13.7. The van der Waals surface area contributed by atoms with Crippen LogP contribution in [-0.4, -0.2) is 16.1 Å². The van der Waals surface area contributed by atoms with Gasteiger partial charge in [-0.15, -0.1) is 0 Å². The van der Waals surface area contributed by atoms with Crippen molar-refractivity contribution in [1.82, 2.24) is 10.1 Å². The number of anilines is 1. The number of carbonyl (C=O) groups is 1. The van der Waals surface area contributed by atoms with Gasteiger partial charge in [-0.1, -0.05) is 29.4 Å². The number of nitrogen functional groups attached to an aromatic ring is 1. The summed E-state index contributed by atoms with van der Waals surface area (Å²) in [6, 6.07) is 9.77. The van der Waals surface area contributed by atoms with Gasteiger partial charge < -0.3 is 15.0 Å². The summed E-state index contributed by atoms with van der Waals surface area (Å²) in [7, 11) is 0. The van der Waals surface area contributed by atoms with Crippen molar-refractivity contribution >= 4 is 11.7 Å². The van der Waals surface area contributed by atoms with Crippen LogP contribution in [0.2, 0.25) is 0 Å². The molecule has 3 aromatic rings. The highest BCUT2D eigenvalue weighted by Gasteiger charge is 2.22. The summed E-state index contributed by atoms with van der Waals surface area (Å²) in [5, 5.41) is 3.82. The second-order valence-corrected chi connectivity index (χ2v) is 6.00. The highest BCUT2D eigenvalue weighted by molar-refractivity contribution is 5.95. The Bertz CT molecular complexity index is 968. The predicted octanol–water partition coefficient (Wildman–Crippen LogP) is 3.99. The average molecular weight is 355 g/mol. The summed E-state index contributed by atoms with van der Waals surface area (Å²) < 4.78 is 24.2. The third kappa shape index (κ3) is 3.42. The number of nitrogens with zero attached hydrogens (tertiary/aromatic N) is 2. The summed E-state index contributed by atoms with van der Waals surface area (Å²) >= 11 is 0. The van der Waals surface area contributed by atoms with Gasteiger partial charge in [-0.2, -0.15) is 4.98 Å². The minimum atomic E-state index is -0.779. The predicted molar refractivity (Wildman–Crippen MR) is 93.9 cm³/mol. The zero-order valence-electron chi connectivity index (χ0n) is 14.6. The molecular weight excluding hydrogens is 337 g/mol. The van der Waals surface area contributed by atoms with Crippen molar-refractivity contribution < 1.29 is 18.4 Å². The van der Waals surface area contributed by atoms with Crippen LogP contribution in [0, 0.1) is 19.7 Å². The Morgan fingerprint density at radius 3 is 2.73 bits per heavy atom. The molecule has 0 saturated carbocycles. The van der Waals surface area contributed by atoms with Crippen molar-refractivity contribution in [3.8, 4) is 11.4 Å². The fraction of sp³-hybridized carbons (Fsp3) is 0.211. The van der Waals surface area contributed by atoms with Gasteiger partial charge in [0.25, 0.3) is 5.89 Å². The van der Waals surface area contributed by atoms with E-state index in [-0.39, 0.29) is 23.1 Å². The van der Waals surface area contributed by atoms with Gasteiger partial charge in [-0.3, -0.25) is 0 Å². The molecule has 0 amide bonds. The molecule has 0 saturated heterocycles. The maximum absolute atomic E-state index is 13.7. The lowest BCUT2D eigenvalue weighted by Gasteiger charge is -2.11. The number of para-hydroxylation sites is 1. The van der Waals surface area contributed by atoms with Gasteiger partial charge in [0.2, 0.25) is 5.82 Å². The molecule has 0 unspecified atom stereocenters. The molecule has 7 heteroatoms. The van der Waals surface area contributed by atoms with Crippen LogP contribution in [0.5, 0.6) is 0 Å². The maximum Gasteiger partial charge on any atom is 0.341 e. The average Bonchev–Trinajstić information content (AvgIpc) is 3.10. The number of benzene rings is 2. The Morgan fingerprint density at radius 2 is 2.00 bits per heavy atom. The quantitative estimate of drug-likeness (QED) is 0.562. The second-order valence-electron chi connectivity index (χ2n) is 6.00. The fourth-order valence-electron chi connectivity index (χ4n) is 2.38. The third-order valence-electron chi connectivity index (χ3n) is 4.05. The first-order valence-electron chi connectivity index (χ1n) is 8.03. The number of aromatic nitrogens is 2. The topological polar surface area (TPSA) is 91.2 Å². The Kier molecular flexibility index (Phi) is 4.71. The monoisotopic (exact) mass is 355 g/mol. The smallest absolute Gasteiger partial charge is 0.341 e. The van der Waals surface area contributed by atoms with Crippen molar-refractivity contribution in [1.29, 1.82) is 0 Å². The van der Waals surface area contributed by atoms with E-state index in [4.69, 9.17) is 15.0 Å². The Balaban J connectivity index is 1.77. The summed E-state index contributed by atoms with van der Waals surface area (Å²) in [5.74, 6) is -0.611. The van der Waals surface area contributed by atoms with Gasteiger partial charge in [0, 0.05) is 11.3 Å². The van der Waals surface area contributed by atoms with Crippen molar-refractivity contribution in [2.24, 2.45) is 0 Å². The molecule has 26 heavy (non-hydrogen) atoms. The molecule has 6 nitrogen and oxygen atoms in total. The number of hydrogen-bond donors (Lipinski definition) is 1. The molecule has 3 rings (SSSR count). The molecule has 2 aromatic carbocycles. The minimum absolute atomic E-state index is 0.112. The molecule has 0 spiro atoms. The zero-order valence-corrected chi connectivity index (χ0v) is 14.6.